The molecule has 1 amide bonds. The topological polar surface area (TPSA) is 87.0 Å². The average Bonchev–Trinajstić information content (AvgIpc) is 2.97. The molecule has 1 fully saturated rings. The lowest BCUT2D eigenvalue weighted by Crippen LogP contribution is -2.27. The van der Waals surface area contributed by atoms with Gasteiger partial charge in [-0.15, -0.1) is 0 Å². The predicted octanol–water partition coefficient (Wildman–Crippen LogP) is 1.28. The first-order valence-corrected chi connectivity index (χ1v) is 6.28. The van der Waals surface area contributed by atoms with Gasteiger partial charge in [0.25, 0.3) is 5.91 Å². The second kappa shape index (κ2) is 4.55. The summed E-state index contributed by atoms with van der Waals surface area (Å²) in [5.41, 5.74) is 2.75. The number of aromatic amines is 2. The molecule has 19 heavy (non-hydrogen) atoms. The molecule has 3 rings (SSSR count). The van der Waals surface area contributed by atoms with E-state index in [2.05, 4.69) is 15.3 Å². The summed E-state index contributed by atoms with van der Waals surface area (Å²) >= 11 is 0. The number of benzene rings is 1. The van der Waals surface area contributed by atoms with Gasteiger partial charge < -0.3 is 20.0 Å². The van der Waals surface area contributed by atoms with E-state index >= 15 is 0 Å². The number of carbonyl (C=O) groups excluding carboxylic acids is 1. The molecule has 0 aliphatic carbocycles. The molecule has 3 N–H and O–H groups in total. The van der Waals surface area contributed by atoms with Crippen LogP contribution in [0.15, 0.2) is 16.9 Å². The maximum Gasteiger partial charge on any atom is 0.323 e. The molecular formula is C13H15N3O3. The van der Waals surface area contributed by atoms with Crippen LogP contribution in [0.5, 0.6) is 0 Å². The van der Waals surface area contributed by atoms with Crippen molar-refractivity contribution in [2.24, 2.45) is 0 Å². The van der Waals surface area contributed by atoms with Gasteiger partial charge in [-0.05, 0) is 37.5 Å². The molecule has 1 unspecified atom stereocenters. The van der Waals surface area contributed by atoms with Crippen LogP contribution < -0.4 is 11.0 Å². The third kappa shape index (κ3) is 2.26. The van der Waals surface area contributed by atoms with E-state index in [-0.39, 0.29) is 17.7 Å². The molecule has 0 saturated carbocycles. The number of nitrogens with one attached hydrogen (secondary N) is 3. The van der Waals surface area contributed by atoms with Crippen molar-refractivity contribution in [1.82, 2.24) is 9.97 Å². The van der Waals surface area contributed by atoms with E-state index in [0.29, 0.717) is 17.8 Å². The second-order valence-electron chi connectivity index (χ2n) is 4.78. The molecular weight excluding hydrogens is 246 g/mol. The summed E-state index contributed by atoms with van der Waals surface area (Å²) in [6.07, 6.45) is 1.32. The smallest absolute Gasteiger partial charge is 0.323 e. The Kier molecular flexibility index (Phi) is 2.87. The van der Waals surface area contributed by atoms with Gasteiger partial charge in [0.15, 0.2) is 0 Å². The van der Waals surface area contributed by atoms with Gasteiger partial charge in [-0.25, -0.2) is 4.79 Å². The molecule has 1 aromatic heterocycles. The highest BCUT2D eigenvalue weighted by Gasteiger charge is 2.24. The molecule has 1 atom stereocenters. The number of aryl methyl sites for hydroxylation is 1. The fourth-order valence-electron chi connectivity index (χ4n) is 2.32. The van der Waals surface area contributed by atoms with Crippen LogP contribution in [0, 0.1) is 6.92 Å². The molecule has 1 saturated heterocycles. The first-order chi connectivity index (χ1) is 9.13. The zero-order valence-electron chi connectivity index (χ0n) is 10.6. The number of H-pyrrole nitrogens is 2. The Hall–Kier alpha value is -2.08. The van der Waals surface area contributed by atoms with E-state index in [4.69, 9.17) is 4.74 Å². The fourth-order valence-corrected chi connectivity index (χ4v) is 2.32. The molecule has 100 valence electrons. The van der Waals surface area contributed by atoms with E-state index in [0.717, 1.165) is 23.9 Å². The van der Waals surface area contributed by atoms with Gasteiger partial charge in [-0.1, -0.05) is 0 Å². The van der Waals surface area contributed by atoms with Crippen LogP contribution in [-0.4, -0.2) is 28.6 Å². The minimum Gasteiger partial charge on any atom is -0.368 e. The van der Waals surface area contributed by atoms with Crippen LogP contribution in [-0.2, 0) is 9.53 Å². The van der Waals surface area contributed by atoms with Gasteiger partial charge in [0.05, 0.1) is 11.0 Å². The van der Waals surface area contributed by atoms with Crippen LogP contribution in [0.2, 0.25) is 0 Å². The minimum absolute atomic E-state index is 0.127. The summed E-state index contributed by atoms with van der Waals surface area (Å²) in [4.78, 5) is 28.6. The number of anilines is 1. The quantitative estimate of drug-likeness (QED) is 0.761. The predicted molar refractivity (Wildman–Crippen MR) is 71.3 cm³/mol. The Labute approximate surface area is 109 Å². The molecule has 0 radical (unpaired) electrons. The summed E-state index contributed by atoms with van der Waals surface area (Å²) in [7, 11) is 0. The molecule has 1 aromatic carbocycles. The van der Waals surface area contributed by atoms with Crippen molar-refractivity contribution in [2.45, 2.75) is 25.9 Å². The molecule has 2 aromatic rings. The highest BCUT2D eigenvalue weighted by molar-refractivity contribution is 5.96. The molecule has 2 heterocycles. The Morgan fingerprint density at radius 2 is 2.11 bits per heavy atom. The zero-order chi connectivity index (χ0) is 13.4. The Morgan fingerprint density at radius 1 is 1.37 bits per heavy atom. The normalized spacial score (nSPS) is 18.9. The van der Waals surface area contributed by atoms with Crippen LogP contribution in [0.4, 0.5) is 5.69 Å². The standard InChI is InChI=1S/C13H15N3O3/c1-7-5-9-10(16-13(18)15-9)6-8(7)14-12(17)11-3-2-4-19-11/h5-6,11H,2-4H2,1H3,(H,14,17)(H2,15,16,18). The maximum absolute atomic E-state index is 12.0. The van der Waals surface area contributed by atoms with Gasteiger partial charge in [0.2, 0.25) is 0 Å². The van der Waals surface area contributed by atoms with E-state index in [1.807, 2.05) is 13.0 Å². The number of hydrogen-bond donors (Lipinski definition) is 3. The summed E-state index contributed by atoms with van der Waals surface area (Å²) < 4.78 is 5.34. The van der Waals surface area contributed by atoms with Crippen molar-refractivity contribution in [3.63, 3.8) is 0 Å². The van der Waals surface area contributed by atoms with E-state index in [1.165, 1.54) is 0 Å². The van der Waals surface area contributed by atoms with Gasteiger partial charge in [0, 0.05) is 12.3 Å². The highest BCUT2D eigenvalue weighted by atomic mass is 16.5. The average molecular weight is 261 g/mol. The van der Waals surface area contributed by atoms with Crippen molar-refractivity contribution >= 4 is 22.6 Å². The minimum atomic E-state index is -0.361. The third-order valence-corrected chi connectivity index (χ3v) is 3.34. The first-order valence-electron chi connectivity index (χ1n) is 6.28. The number of hydrogen-bond acceptors (Lipinski definition) is 3. The number of fused-ring (bicyclic) bond motifs is 1. The van der Waals surface area contributed by atoms with Crippen molar-refractivity contribution in [1.29, 1.82) is 0 Å². The van der Waals surface area contributed by atoms with Gasteiger partial charge in [0.1, 0.15) is 6.10 Å². The highest BCUT2D eigenvalue weighted by Crippen LogP contribution is 2.22. The van der Waals surface area contributed by atoms with Gasteiger partial charge >= 0.3 is 5.69 Å². The Morgan fingerprint density at radius 3 is 2.79 bits per heavy atom. The van der Waals surface area contributed by atoms with Crippen molar-refractivity contribution < 1.29 is 9.53 Å². The SMILES string of the molecule is Cc1cc2[nH]c(=O)[nH]c2cc1NC(=O)C1CCCO1. The van der Waals surface area contributed by atoms with Crippen molar-refractivity contribution in [3.8, 4) is 0 Å². The van der Waals surface area contributed by atoms with Crippen LogP contribution in [0.3, 0.4) is 0 Å². The number of imidazole rings is 1. The largest absolute Gasteiger partial charge is 0.368 e. The number of rotatable bonds is 2. The Balaban J connectivity index is 1.89. The lowest BCUT2D eigenvalue weighted by atomic mass is 10.1. The Bertz CT molecular complexity index is 680. The van der Waals surface area contributed by atoms with Crippen LogP contribution in [0.25, 0.3) is 11.0 Å². The van der Waals surface area contributed by atoms with Crippen molar-refractivity contribution in [3.05, 3.63) is 28.2 Å². The van der Waals surface area contributed by atoms with Crippen LogP contribution in [0.1, 0.15) is 18.4 Å². The number of aromatic nitrogens is 2. The molecule has 0 bridgehead atoms. The number of ether oxygens (including phenoxy) is 1. The monoisotopic (exact) mass is 261 g/mol. The number of amides is 1. The van der Waals surface area contributed by atoms with E-state index in [9.17, 15) is 9.59 Å². The third-order valence-electron chi connectivity index (χ3n) is 3.34. The zero-order valence-corrected chi connectivity index (χ0v) is 10.6. The molecule has 1 aliphatic heterocycles. The lowest BCUT2D eigenvalue weighted by Gasteiger charge is -2.12. The lowest BCUT2D eigenvalue weighted by molar-refractivity contribution is -0.124. The van der Waals surface area contributed by atoms with Gasteiger partial charge in [-0.3, -0.25) is 4.79 Å². The summed E-state index contributed by atoms with van der Waals surface area (Å²) in [6, 6.07) is 3.59. The molecule has 0 spiro atoms. The summed E-state index contributed by atoms with van der Waals surface area (Å²) in [5.74, 6) is -0.127. The second-order valence-corrected chi connectivity index (χ2v) is 4.78. The first kappa shape index (κ1) is 12.0. The van der Waals surface area contributed by atoms with Gasteiger partial charge in [-0.2, -0.15) is 0 Å². The fraction of sp³-hybridized carbons (Fsp3) is 0.385. The molecule has 6 heteroatoms. The summed E-state index contributed by atoms with van der Waals surface area (Å²) in [5, 5.41) is 2.85. The number of carbonyl (C=O) groups is 1. The molecule has 1 aliphatic rings. The van der Waals surface area contributed by atoms with Crippen LogP contribution >= 0.6 is 0 Å². The maximum atomic E-state index is 12.0. The summed E-state index contributed by atoms with van der Waals surface area (Å²) in [6.45, 7) is 2.52. The van der Waals surface area contributed by atoms with Crippen molar-refractivity contribution in [2.75, 3.05) is 11.9 Å². The van der Waals surface area contributed by atoms with E-state index < -0.39 is 0 Å². The van der Waals surface area contributed by atoms with E-state index in [1.54, 1.807) is 6.07 Å². The molecule has 6 nitrogen and oxygen atoms in total.